The monoisotopic (exact) mass is 389 g/mol. The molecule has 0 aliphatic heterocycles. The van der Waals surface area contributed by atoms with Crippen LogP contribution in [0.25, 0.3) is 0 Å². The molecule has 0 bridgehead atoms. The number of benzene rings is 2. The Hall–Kier alpha value is -3.34. The van der Waals surface area contributed by atoms with Gasteiger partial charge in [0.15, 0.2) is 0 Å². The van der Waals surface area contributed by atoms with E-state index in [2.05, 4.69) is 41.2 Å². The molecular formula is C24H27N3O2. The Labute approximate surface area is 172 Å². The number of nitrogens with zero attached hydrogens (tertiary/aromatic N) is 2. The van der Waals surface area contributed by atoms with Gasteiger partial charge >= 0.3 is 0 Å². The van der Waals surface area contributed by atoms with E-state index in [9.17, 15) is 4.79 Å². The van der Waals surface area contributed by atoms with Crippen molar-refractivity contribution in [3.05, 3.63) is 84.1 Å². The molecule has 0 fully saturated rings. The smallest absolute Gasteiger partial charge is 0.257 e. The molecule has 1 aromatic heterocycles. The quantitative estimate of drug-likeness (QED) is 0.579. The van der Waals surface area contributed by atoms with E-state index in [-0.39, 0.29) is 11.9 Å². The van der Waals surface area contributed by atoms with E-state index in [4.69, 9.17) is 4.74 Å². The van der Waals surface area contributed by atoms with Gasteiger partial charge in [-0.15, -0.1) is 0 Å². The van der Waals surface area contributed by atoms with Crippen molar-refractivity contribution in [1.29, 1.82) is 0 Å². The minimum absolute atomic E-state index is 0.188. The molecule has 150 valence electrons. The number of hydrogen-bond donors (Lipinski definition) is 1. The van der Waals surface area contributed by atoms with Crippen LogP contribution in [0, 0.1) is 0 Å². The van der Waals surface area contributed by atoms with E-state index < -0.39 is 0 Å². The fraction of sp³-hybridized carbons (Fsp3) is 0.250. The van der Waals surface area contributed by atoms with E-state index in [0.717, 1.165) is 23.8 Å². The summed E-state index contributed by atoms with van der Waals surface area (Å²) in [6, 6.07) is 21.6. The van der Waals surface area contributed by atoms with Crippen molar-refractivity contribution in [2.24, 2.45) is 0 Å². The van der Waals surface area contributed by atoms with E-state index in [1.807, 2.05) is 61.5 Å². The Morgan fingerprint density at radius 2 is 1.76 bits per heavy atom. The average Bonchev–Trinajstić information content (AvgIpc) is 2.74. The molecule has 0 aliphatic carbocycles. The van der Waals surface area contributed by atoms with Crippen LogP contribution in [0.1, 0.15) is 36.7 Å². The van der Waals surface area contributed by atoms with Crippen LogP contribution in [0.3, 0.4) is 0 Å². The highest BCUT2D eigenvalue weighted by Gasteiger charge is 2.14. The molecule has 0 aliphatic rings. The van der Waals surface area contributed by atoms with Crippen LogP contribution in [-0.4, -0.2) is 23.5 Å². The van der Waals surface area contributed by atoms with Gasteiger partial charge in [0.2, 0.25) is 0 Å². The van der Waals surface area contributed by atoms with Gasteiger partial charge in [0, 0.05) is 24.5 Å². The Balaban J connectivity index is 1.68. The molecule has 0 saturated carbocycles. The van der Waals surface area contributed by atoms with Crippen molar-refractivity contribution in [3.63, 3.8) is 0 Å². The van der Waals surface area contributed by atoms with Crippen molar-refractivity contribution < 1.29 is 9.53 Å². The zero-order chi connectivity index (χ0) is 20.6. The highest BCUT2D eigenvalue weighted by atomic mass is 16.5. The van der Waals surface area contributed by atoms with Crippen molar-refractivity contribution in [2.75, 3.05) is 16.8 Å². The molecule has 0 radical (unpaired) electrons. The maximum Gasteiger partial charge on any atom is 0.257 e. The molecule has 1 amide bonds. The van der Waals surface area contributed by atoms with Crippen LogP contribution < -0.4 is 15.0 Å². The fourth-order valence-electron chi connectivity index (χ4n) is 3.00. The number of nitrogens with one attached hydrogen (secondary N) is 1. The zero-order valence-corrected chi connectivity index (χ0v) is 17.1. The van der Waals surface area contributed by atoms with E-state index in [1.165, 1.54) is 5.56 Å². The lowest BCUT2D eigenvalue weighted by Crippen LogP contribution is -2.31. The number of ether oxygens (including phenoxy) is 1. The Bertz CT molecular complexity index is 907. The molecule has 5 heteroatoms. The summed E-state index contributed by atoms with van der Waals surface area (Å²) >= 11 is 0. The van der Waals surface area contributed by atoms with Crippen LogP contribution in [0.15, 0.2) is 72.9 Å². The average molecular weight is 389 g/mol. The van der Waals surface area contributed by atoms with Gasteiger partial charge in [-0.25, -0.2) is 4.98 Å². The minimum atomic E-state index is -0.188. The molecule has 2 aromatic carbocycles. The van der Waals surface area contributed by atoms with Gasteiger partial charge in [-0.3, -0.25) is 4.79 Å². The van der Waals surface area contributed by atoms with Crippen molar-refractivity contribution >= 4 is 17.4 Å². The highest BCUT2D eigenvalue weighted by Crippen LogP contribution is 2.20. The maximum atomic E-state index is 12.5. The number of carbonyl (C=O) groups excluding carboxylic acids is 1. The molecule has 3 rings (SSSR count). The molecule has 0 unspecified atom stereocenters. The second-order valence-corrected chi connectivity index (χ2v) is 7.02. The number of aromatic nitrogens is 1. The molecule has 29 heavy (non-hydrogen) atoms. The summed E-state index contributed by atoms with van der Waals surface area (Å²) in [6.45, 7) is 7.59. The van der Waals surface area contributed by atoms with Crippen molar-refractivity contribution in [2.45, 2.75) is 33.4 Å². The summed E-state index contributed by atoms with van der Waals surface area (Å²) in [6.07, 6.45) is 1.62. The number of anilines is 2. The molecule has 3 aromatic rings. The summed E-state index contributed by atoms with van der Waals surface area (Å²) in [7, 11) is 0. The van der Waals surface area contributed by atoms with E-state index in [0.29, 0.717) is 12.2 Å². The fourth-order valence-corrected chi connectivity index (χ4v) is 3.00. The van der Waals surface area contributed by atoms with Crippen LogP contribution in [0.5, 0.6) is 5.75 Å². The standard InChI is InChI=1S/C24H27N3O2/c1-4-29-22-13-11-21(12-14-22)26-24(28)20-10-15-23(25-16-20)27(18(2)3)17-19-8-6-5-7-9-19/h5-16,18H,4,17H2,1-3H3,(H,26,28). The summed E-state index contributed by atoms with van der Waals surface area (Å²) in [5, 5.41) is 2.89. The third kappa shape index (κ3) is 5.57. The SMILES string of the molecule is CCOc1ccc(NC(=O)c2ccc(N(Cc3ccccc3)C(C)C)nc2)cc1. The molecular weight excluding hydrogens is 362 g/mol. The molecule has 0 saturated heterocycles. The molecule has 5 nitrogen and oxygen atoms in total. The van der Waals surface area contributed by atoms with Crippen LogP contribution in [0.4, 0.5) is 11.5 Å². The van der Waals surface area contributed by atoms with Crippen molar-refractivity contribution in [3.8, 4) is 5.75 Å². The second-order valence-electron chi connectivity index (χ2n) is 7.02. The first kappa shape index (κ1) is 20.4. The summed E-state index contributed by atoms with van der Waals surface area (Å²) < 4.78 is 5.42. The number of carbonyl (C=O) groups is 1. The molecule has 1 heterocycles. The third-order valence-corrected chi connectivity index (χ3v) is 4.55. The van der Waals surface area contributed by atoms with E-state index in [1.54, 1.807) is 6.20 Å². The van der Waals surface area contributed by atoms with Crippen molar-refractivity contribution in [1.82, 2.24) is 4.98 Å². The third-order valence-electron chi connectivity index (χ3n) is 4.55. The lowest BCUT2D eigenvalue weighted by molar-refractivity contribution is 0.102. The topological polar surface area (TPSA) is 54.5 Å². The lowest BCUT2D eigenvalue weighted by Gasteiger charge is -2.28. The van der Waals surface area contributed by atoms with Gasteiger partial charge in [0.1, 0.15) is 11.6 Å². The zero-order valence-electron chi connectivity index (χ0n) is 17.1. The Morgan fingerprint density at radius 1 is 1.03 bits per heavy atom. The summed E-state index contributed by atoms with van der Waals surface area (Å²) in [4.78, 5) is 19.3. The number of rotatable bonds is 8. The normalized spacial score (nSPS) is 10.6. The number of amides is 1. The second kappa shape index (κ2) is 9.73. The molecule has 0 atom stereocenters. The molecule has 1 N–H and O–H groups in total. The van der Waals surface area contributed by atoms with Crippen LogP contribution >= 0.6 is 0 Å². The maximum absolute atomic E-state index is 12.5. The first-order valence-corrected chi connectivity index (χ1v) is 9.87. The lowest BCUT2D eigenvalue weighted by atomic mass is 10.2. The predicted octanol–water partition coefficient (Wildman–Crippen LogP) is 5.15. The van der Waals surface area contributed by atoms with Gasteiger partial charge in [0.25, 0.3) is 5.91 Å². The number of pyridine rings is 1. The molecule has 0 spiro atoms. The van der Waals surface area contributed by atoms with Gasteiger partial charge < -0.3 is 15.0 Å². The predicted molar refractivity (Wildman–Crippen MR) is 118 cm³/mol. The van der Waals surface area contributed by atoms with Crippen LogP contribution in [-0.2, 0) is 6.54 Å². The summed E-state index contributed by atoms with van der Waals surface area (Å²) in [5.74, 6) is 1.44. The minimum Gasteiger partial charge on any atom is -0.494 e. The Morgan fingerprint density at radius 3 is 2.34 bits per heavy atom. The van der Waals surface area contributed by atoms with Gasteiger partial charge in [-0.05, 0) is 62.7 Å². The number of hydrogen-bond acceptors (Lipinski definition) is 4. The van der Waals surface area contributed by atoms with Gasteiger partial charge in [0.05, 0.1) is 12.2 Å². The highest BCUT2D eigenvalue weighted by molar-refractivity contribution is 6.04. The van der Waals surface area contributed by atoms with Gasteiger partial charge in [-0.2, -0.15) is 0 Å². The first-order valence-electron chi connectivity index (χ1n) is 9.87. The first-order chi connectivity index (χ1) is 14.1. The Kier molecular flexibility index (Phi) is 6.85. The van der Waals surface area contributed by atoms with Crippen LogP contribution in [0.2, 0.25) is 0 Å². The van der Waals surface area contributed by atoms with Gasteiger partial charge in [-0.1, -0.05) is 30.3 Å². The largest absolute Gasteiger partial charge is 0.494 e. The van der Waals surface area contributed by atoms with E-state index >= 15 is 0 Å². The summed E-state index contributed by atoms with van der Waals surface area (Å²) in [5.41, 5.74) is 2.46.